The zero-order valence-corrected chi connectivity index (χ0v) is 11.0. The zero-order valence-electron chi connectivity index (χ0n) is 11.0. The molecule has 94 valence electrons. The van der Waals surface area contributed by atoms with Crippen LogP contribution in [0, 0.1) is 5.92 Å². The first-order valence-corrected chi connectivity index (χ1v) is 6.26. The minimum Gasteiger partial charge on any atom is -0.469 e. The van der Waals surface area contributed by atoms with Gasteiger partial charge in [0.25, 0.3) is 0 Å². The third-order valence-corrected chi connectivity index (χ3v) is 2.88. The Hall–Kier alpha value is -1.31. The molecule has 1 aromatic carbocycles. The van der Waals surface area contributed by atoms with Crippen LogP contribution in [-0.4, -0.2) is 13.1 Å². The molecule has 0 heterocycles. The highest BCUT2D eigenvalue weighted by Crippen LogP contribution is 2.11. The summed E-state index contributed by atoms with van der Waals surface area (Å²) in [7, 11) is 1.43. The number of ether oxygens (including phenoxy) is 1. The molecule has 0 atom stereocenters. The normalized spacial score (nSPS) is 10.6. The first-order chi connectivity index (χ1) is 8.11. The lowest BCUT2D eigenvalue weighted by atomic mass is 10.0. The summed E-state index contributed by atoms with van der Waals surface area (Å²) in [5, 5.41) is 0. The molecule has 2 heteroatoms. The summed E-state index contributed by atoms with van der Waals surface area (Å²) < 4.78 is 4.62. The molecule has 0 aliphatic rings. The maximum atomic E-state index is 11.0. The Bertz CT molecular complexity index is 338. The predicted molar refractivity (Wildman–Crippen MR) is 69.9 cm³/mol. The van der Waals surface area contributed by atoms with Crippen molar-refractivity contribution in [3.8, 4) is 0 Å². The summed E-state index contributed by atoms with van der Waals surface area (Å²) in [6.45, 7) is 4.48. The van der Waals surface area contributed by atoms with Crippen LogP contribution in [0.15, 0.2) is 24.3 Å². The lowest BCUT2D eigenvalue weighted by Crippen LogP contribution is -2.01. The van der Waals surface area contributed by atoms with Crippen LogP contribution in [0.4, 0.5) is 0 Å². The number of aryl methyl sites for hydroxylation is 2. The van der Waals surface area contributed by atoms with E-state index in [-0.39, 0.29) is 5.97 Å². The highest BCUT2D eigenvalue weighted by Gasteiger charge is 2.02. The van der Waals surface area contributed by atoms with Gasteiger partial charge in [-0.05, 0) is 36.3 Å². The Morgan fingerprint density at radius 3 is 2.12 bits per heavy atom. The molecule has 1 rings (SSSR count). The Labute approximate surface area is 104 Å². The molecule has 0 saturated carbocycles. The molecule has 0 spiro atoms. The van der Waals surface area contributed by atoms with Gasteiger partial charge in [-0.3, -0.25) is 4.79 Å². The van der Waals surface area contributed by atoms with E-state index in [4.69, 9.17) is 0 Å². The average Bonchev–Trinajstić information content (AvgIpc) is 2.34. The van der Waals surface area contributed by atoms with Gasteiger partial charge in [-0.25, -0.2) is 0 Å². The smallest absolute Gasteiger partial charge is 0.305 e. The van der Waals surface area contributed by atoms with Gasteiger partial charge in [0.1, 0.15) is 0 Å². The summed E-state index contributed by atoms with van der Waals surface area (Å²) in [4.78, 5) is 11.0. The summed E-state index contributed by atoms with van der Waals surface area (Å²) in [5.74, 6) is 0.600. The second-order valence-electron chi connectivity index (χ2n) is 4.83. The summed E-state index contributed by atoms with van der Waals surface area (Å²) in [6.07, 6.45) is 3.58. The topological polar surface area (TPSA) is 26.3 Å². The lowest BCUT2D eigenvalue weighted by molar-refractivity contribution is -0.140. The minimum absolute atomic E-state index is 0.145. The monoisotopic (exact) mass is 234 g/mol. The number of rotatable bonds is 6. The number of carbonyl (C=O) groups excluding carboxylic acids is 1. The fraction of sp³-hybridized carbons (Fsp3) is 0.533. The van der Waals surface area contributed by atoms with Crippen LogP contribution in [0.1, 0.15) is 37.8 Å². The molecule has 0 aliphatic heterocycles. The van der Waals surface area contributed by atoms with Crippen LogP contribution >= 0.6 is 0 Å². The lowest BCUT2D eigenvalue weighted by Gasteiger charge is -2.06. The second-order valence-corrected chi connectivity index (χ2v) is 4.83. The van der Waals surface area contributed by atoms with Gasteiger partial charge in [0.15, 0.2) is 0 Å². The Kier molecular flexibility index (Phi) is 5.75. The minimum atomic E-state index is -0.145. The number of esters is 1. The van der Waals surface area contributed by atoms with E-state index < -0.39 is 0 Å². The Balaban J connectivity index is 2.42. The van der Waals surface area contributed by atoms with E-state index >= 15 is 0 Å². The van der Waals surface area contributed by atoms with Crippen molar-refractivity contribution in [1.82, 2.24) is 0 Å². The Morgan fingerprint density at radius 2 is 1.65 bits per heavy atom. The molecule has 1 aromatic rings. The van der Waals surface area contributed by atoms with Crippen molar-refractivity contribution in [2.24, 2.45) is 5.92 Å². The van der Waals surface area contributed by atoms with Crippen LogP contribution in [0.5, 0.6) is 0 Å². The molecule has 0 bridgehead atoms. The van der Waals surface area contributed by atoms with Gasteiger partial charge >= 0.3 is 5.97 Å². The second kappa shape index (κ2) is 7.10. The first kappa shape index (κ1) is 13.8. The molecule has 0 aromatic heterocycles. The highest BCUT2D eigenvalue weighted by molar-refractivity contribution is 5.69. The fourth-order valence-electron chi connectivity index (χ4n) is 1.68. The van der Waals surface area contributed by atoms with Crippen molar-refractivity contribution >= 4 is 5.97 Å². The third kappa shape index (κ3) is 5.53. The number of hydrogen-bond donors (Lipinski definition) is 0. The van der Waals surface area contributed by atoms with Crippen molar-refractivity contribution < 1.29 is 9.53 Å². The van der Waals surface area contributed by atoms with Crippen LogP contribution in [0.2, 0.25) is 0 Å². The van der Waals surface area contributed by atoms with E-state index in [1.54, 1.807) is 0 Å². The van der Waals surface area contributed by atoms with E-state index in [0.29, 0.717) is 6.42 Å². The molecule has 0 unspecified atom stereocenters. The van der Waals surface area contributed by atoms with Crippen molar-refractivity contribution in [3.63, 3.8) is 0 Å². The van der Waals surface area contributed by atoms with E-state index in [2.05, 4.69) is 42.8 Å². The maximum Gasteiger partial charge on any atom is 0.305 e. The van der Waals surface area contributed by atoms with E-state index in [0.717, 1.165) is 18.8 Å². The van der Waals surface area contributed by atoms with Gasteiger partial charge < -0.3 is 4.74 Å². The summed E-state index contributed by atoms with van der Waals surface area (Å²) >= 11 is 0. The van der Waals surface area contributed by atoms with Gasteiger partial charge in [-0.15, -0.1) is 0 Å². The summed E-state index contributed by atoms with van der Waals surface area (Å²) in [6, 6.07) is 8.54. The van der Waals surface area contributed by atoms with Crippen molar-refractivity contribution in [2.45, 2.75) is 39.5 Å². The van der Waals surface area contributed by atoms with Crippen LogP contribution in [0.25, 0.3) is 0 Å². The molecule has 0 aliphatic carbocycles. The molecule has 0 saturated heterocycles. The molecule has 0 N–H and O–H groups in total. The van der Waals surface area contributed by atoms with E-state index in [1.165, 1.54) is 24.7 Å². The molecule has 0 radical (unpaired) electrons. The number of carbonyl (C=O) groups is 1. The molecule has 17 heavy (non-hydrogen) atoms. The predicted octanol–water partition coefficient (Wildman–Crippen LogP) is 3.38. The van der Waals surface area contributed by atoms with Crippen LogP contribution < -0.4 is 0 Å². The van der Waals surface area contributed by atoms with Crippen LogP contribution in [-0.2, 0) is 22.4 Å². The SMILES string of the molecule is COC(=O)CCc1ccc(CCC(C)C)cc1. The zero-order chi connectivity index (χ0) is 12.7. The summed E-state index contributed by atoms with van der Waals surface area (Å²) in [5.41, 5.74) is 2.57. The standard InChI is InChI=1S/C15H22O2/c1-12(2)4-5-13-6-8-14(9-7-13)10-11-15(16)17-3/h6-9,12H,4-5,10-11H2,1-3H3. The molecule has 0 amide bonds. The average molecular weight is 234 g/mol. The van der Waals surface area contributed by atoms with E-state index in [1.807, 2.05) is 0 Å². The third-order valence-electron chi connectivity index (χ3n) is 2.88. The Morgan fingerprint density at radius 1 is 1.12 bits per heavy atom. The molecule has 2 nitrogen and oxygen atoms in total. The fourth-order valence-corrected chi connectivity index (χ4v) is 1.68. The quantitative estimate of drug-likeness (QED) is 0.705. The number of benzene rings is 1. The van der Waals surface area contributed by atoms with E-state index in [9.17, 15) is 4.79 Å². The van der Waals surface area contributed by atoms with Crippen molar-refractivity contribution in [3.05, 3.63) is 35.4 Å². The maximum absolute atomic E-state index is 11.0. The molecular formula is C15H22O2. The number of methoxy groups -OCH3 is 1. The molecule has 0 fully saturated rings. The van der Waals surface area contributed by atoms with Crippen molar-refractivity contribution in [2.75, 3.05) is 7.11 Å². The van der Waals surface area contributed by atoms with Gasteiger partial charge in [0.2, 0.25) is 0 Å². The number of hydrogen-bond acceptors (Lipinski definition) is 2. The van der Waals surface area contributed by atoms with Gasteiger partial charge in [-0.1, -0.05) is 38.1 Å². The van der Waals surface area contributed by atoms with Gasteiger partial charge in [-0.2, -0.15) is 0 Å². The van der Waals surface area contributed by atoms with Gasteiger partial charge in [0.05, 0.1) is 7.11 Å². The largest absolute Gasteiger partial charge is 0.469 e. The van der Waals surface area contributed by atoms with Crippen molar-refractivity contribution in [1.29, 1.82) is 0 Å². The molecular weight excluding hydrogens is 212 g/mol. The highest BCUT2D eigenvalue weighted by atomic mass is 16.5. The first-order valence-electron chi connectivity index (χ1n) is 6.26. The van der Waals surface area contributed by atoms with Crippen LogP contribution in [0.3, 0.4) is 0 Å². The van der Waals surface area contributed by atoms with Gasteiger partial charge in [0, 0.05) is 6.42 Å².